The number of pyridine rings is 1. The molecule has 184 valence electrons. The molecule has 0 amide bonds. The molecule has 3 N–H and O–H groups in total. The Morgan fingerprint density at radius 2 is 1.88 bits per heavy atom. The first-order valence-electron chi connectivity index (χ1n) is 11.4. The quantitative estimate of drug-likeness (QED) is 0.435. The fourth-order valence-corrected chi connectivity index (χ4v) is 4.47. The van der Waals surface area contributed by atoms with Crippen molar-refractivity contribution in [2.45, 2.75) is 64.6 Å². The molecular formula is C24H30F3N5O2. The summed E-state index contributed by atoms with van der Waals surface area (Å²) in [6.07, 6.45) is -1.40. The molecule has 0 saturated heterocycles. The molecule has 10 heteroatoms. The number of aliphatic hydroxyl groups is 1. The zero-order valence-electron chi connectivity index (χ0n) is 19.8. The van der Waals surface area contributed by atoms with Gasteiger partial charge in [-0.25, -0.2) is 4.98 Å². The number of nitrogens with one attached hydrogen (secondary N) is 2. The monoisotopic (exact) mass is 477 g/mol. The van der Waals surface area contributed by atoms with Crippen molar-refractivity contribution in [2.75, 3.05) is 23.8 Å². The highest BCUT2D eigenvalue weighted by molar-refractivity contribution is 5.90. The number of halogens is 3. The zero-order chi connectivity index (χ0) is 24.7. The van der Waals surface area contributed by atoms with Crippen molar-refractivity contribution >= 4 is 22.6 Å². The lowest BCUT2D eigenvalue weighted by Gasteiger charge is -2.23. The SMILES string of the molecule is Cc1cc(-c2nnc(NC3CCCC3CO)o2)nc2c(C(C)(C)C)cc(NCC(F)(F)F)cc12. The average Bonchev–Trinajstić information content (AvgIpc) is 3.40. The summed E-state index contributed by atoms with van der Waals surface area (Å²) in [6, 6.07) is 5.58. The smallest absolute Gasteiger partial charge is 0.402 e. The van der Waals surface area contributed by atoms with Crippen LogP contribution in [0.25, 0.3) is 22.5 Å². The van der Waals surface area contributed by atoms with Crippen LogP contribution < -0.4 is 10.6 Å². The maximum atomic E-state index is 12.8. The highest BCUT2D eigenvalue weighted by Gasteiger charge is 2.29. The molecule has 4 rings (SSSR count). The maximum absolute atomic E-state index is 12.8. The molecule has 1 aromatic carbocycles. The molecule has 2 unspecified atom stereocenters. The van der Waals surface area contributed by atoms with Gasteiger partial charge < -0.3 is 20.2 Å². The van der Waals surface area contributed by atoms with E-state index in [1.165, 1.54) is 0 Å². The fourth-order valence-electron chi connectivity index (χ4n) is 4.47. The molecule has 0 bridgehead atoms. The zero-order valence-corrected chi connectivity index (χ0v) is 19.8. The lowest BCUT2D eigenvalue weighted by molar-refractivity contribution is -0.115. The number of aliphatic hydroxyl groups excluding tert-OH is 1. The summed E-state index contributed by atoms with van der Waals surface area (Å²) in [5.74, 6) is 0.413. The summed E-state index contributed by atoms with van der Waals surface area (Å²) in [6.45, 7) is 6.86. The van der Waals surface area contributed by atoms with Gasteiger partial charge in [0.2, 0.25) is 0 Å². The van der Waals surface area contributed by atoms with Gasteiger partial charge in [-0.2, -0.15) is 13.2 Å². The second-order valence-corrected chi connectivity index (χ2v) is 10.00. The molecule has 2 aromatic heterocycles. The van der Waals surface area contributed by atoms with Gasteiger partial charge in [0, 0.05) is 29.6 Å². The molecule has 2 atom stereocenters. The van der Waals surface area contributed by atoms with Gasteiger partial charge in [0.05, 0.1) is 5.52 Å². The second kappa shape index (κ2) is 9.05. The number of alkyl halides is 3. The Bertz CT molecular complexity index is 1170. The highest BCUT2D eigenvalue weighted by atomic mass is 19.4. The number of hydrogen-bond donors (Lipinski definition) is 3. The predicted octanol–water partition coefficient (Wildman–Crippen LogP) is 5.44. The van der Waals surface area contributed by atoms with Gasteiger partial charge in [-0.05, 0) is 54.5 Å². The molecule has 0 spiro atoms. The van der Waals surface area contributed by atoms with E-state index in [-0.39, 0.29) is 35.9 Å². The molecule has 0 aliphatic heterocycles. The predicted molar refractivity (Wildman–Crippen MR) is 125 cm³/mol. The Balaban J connectivity index is 1.70. The molecule has 1 fully saturated rings. The minimum Gasteiger partial charge on any atom is -0.402 e. The van der Waals surface area contributed by atoms with Crippen LogP contribution >= 0.6 is 0 Å². The maximum Gasteiger partial charge on any atom is 0.405 e. The van der Waals surface area contributed by atoms with Crippen LogP contribution in [-0.4, -0.2) is 45.7 Å². The highest BCUT2D eigenvalue weighted by Crippen LogP contribution is 2.36. The minimum absolute atomic E-state index is 0.0831. The number of anilines is 2. The van der Waals surface area contributed by atoms with E-state index in [4.69, 9.17) is 9.40 Å². The van der Waals surface area contributed by atoms with Gasteiger partial charge in [-0.1, -0.05) is 32.3 Å². The molecule has 1 saturated carbocycles. The number of aromatic nitrogens is 3. The van der Waals surface area contributed by atoms with Crippen molar-refractivity contribution in [2.24, 2.45) is 5.92 Å². The van der Waals surface area contributed by atoms with Crippen molar-refractivity contribution in [3.05, 3.63) is 29.3 Å². The first kappa shape index (κ1) is 24.3. The Morgan fingerprint density at radius 3 is 2.56 bits per heavy atom. The summed E-state index contributed by atoms with van der Waals surface area (Å²) in [7, 11) is 0. The normalized spacial score (nSPS) is 19.1. The van der Waals surface area contributed by atoms with Crippen LogP contribution in [0.5, 0.6) is 0 Å². The van der Waals surface area contributed by atoms with Crippen LogP contribution in [-0.2, 0) is 5.41 Å². The summed E-state index contributed by atoms with van der Waals surface area (Å²) in [5, 5.41) is 24.3. The van der Waals surface area contributed by atoms with E-state index in [0.29, 0.717) is 16.9 Å². The van der Waals surface area contributed by atoms with Gasteiger partial charge in [-0.3, -0.25) is 0 Å². The van der Waals surface area contributed by atoms with E-state index in [9.17, 15) is 18.3 Å². The van der Waals surface area contributed by atoms with E-state index < -0.39 is 12.7 Å². The Kier molecular flexibility index (Phi) is 6.46. The Labute approximate surface area is 196 Å². The van der Waals surface area contributed by atoms with E-state index in [2.05, 4.69) is 20.8 Å². The van der Waals surface area contributed by atoms with Crippen LogP contribution in [0.2, 0.25) is 0 Å². The number of hydrogen-bond acceptors (Lipinski definition) is 7. The van der Waals surface area contributed by atoms with Crippen molar-refractivity contribution < 1.29 is 22.7 Å². The number of rotatable bonds is 6. The molecule has 0 radical (unpaired) electrons. The van der Waals surface area contributed by atoms with Gasteiger partial charge >= 0.3 is 12.2 Å². The third-order valence-corrected chi connectivity index (χ3v) is 6.27. The Hall–Kier alpha value is -2.88. The van der Waals surface area contributed by atoms with Gasteiger partial charge in [0.1, 0.15) is 12.2 Å². The number of nitrogens with zero attached hydrogens (tertiary/aromatic N) is 3. The van der Waals surface area contributed by atoms with Crippen LogP contribution in [0.4, 0.5) is 24.9 Å². The van der Waals surface area contributed by atoms with E-state index in [0.717, 1.165) is 35.8 Å². The first-order valence-corrected chi connectivity index (χ1v) is 11.4. The van der Waals surface area contributed by atoms with Crippen molar-refractivity contribution in [3.63, 3.8) is 0 Å². The minimum atomic E-state index is -4.31. The molecule has 1 aliphatic carbocycles. The van der Waals surface area contributed by atoms with Crippen molar-refractivity contribution in [1.29, 1.82) is 0 Å². The van der Waals surface area contributed by atoms with Crippen LogP contribution in [0.3, 0.4) is 0 Å². The standard InChI is InChI=1S/C24H30F3N5O2/c1-13-8-19(21-31-32-22(34-21)30-18-7-5-6-14(18)11-33)29-20-16(13)9-15(28-12-24(25,26)27)10-17(20)23(2,3)4/h8-10,14,18,28,33H,5-7,11-12H2,1-4H3,(H,30,32). The lowest BCUT2D eigenvalue weighted by Crippen LogP contribution is -2.26. The molecule has 2 heterocycles. The third-order valence-electron chi connectivity index (χ3n) is 6.27. The van der Waals surface area contributed by atoms with Gasteiger partial charge in [-0.15, -0.1) is 5.10 Å². The summed E-state index contributed by atoms with van der Waals surface area (Å²) >= 11 is 0. The number of fused-ring (bicyclic) bond motifs is 1. The lowest BCUT2D eigenvalue weighted by atomic mass is 9.84. The second-order valence-electron chi connectivity index (χ2n) is 10.00. The molecule has 3 aromatic rings. The third kappa shape index (κ3) is 5.27. The van der Waals surface area contributed by atoms with Gasteiger partial charge in [0.15, 0.2) is 0 Å². The van der Waals surface area contributed by atoms with Crippen LogP contribution in [0.1, 0.15) is 51.2 Å². The van der Waals surface area contributed by atoms with Crippen molar-refractivity contribution in [1.82, 2.24) is 15.2 Å². The Morgan fingerprint density at radius 1 is 1.12 bits per heavy atom. The molecule has 1 aliphatic rings. The topological polar surface area (TPSA) is 96.1 Å². The van der Waals surface area contributed by atoms with Crippen LogP contribution in [0.15, 0.2) is 22.6 Å². The van der Waals surface area contributed by atoms with E-state index in [1.54, 1.807) is 18.2 Å². The summed E-state index contributed by atoms with van der Waals surface area (Å²) in [5.41, 5.74) is 2.86. The van der Waals surface area contributed by atoms with Crippen molar-refractivity contribution in [3.8, 4) is 11.6 Å². The number of benzene rings is 1. The van der Waals surface area contributed by atoms with E-state index in [1.807, 2.05) is 27.7 Å². The summed E-state index contributed by atoms with van der Waals surface area (Å²) < 4.78 is 44.1. The largest absolute Gasteiger partial charge is 0.405 e. The number of aryl methyl sites for hydroxylation is 1. The van der Waals surface area contributed by atoms with Gasteiger partial charge in [0.25, 0.3) is 5.89 Å². The van der Waals surface area contributed by atoms with E-state index >= 15 is 0 Å². The molecular weight excluding hydrogens is 447 g/mol. The fraction of sp³-hybridized carbons (Fsp3) is 0.542. The molecule has 7 nitrogen and oxygen atoms in total. The summed E-state index contributed by atoms with van der Waals surface area (Å²) in [4.78, 5) is 4.78. The van der Waals surface area contributed by atoms with Crippen LogP contribution in [0, 0.1) is 12.8 Å². The average molecular weight is 478 g/mol. The first-order chi connectivity index (χ1) is 15.9. The molecule has 34 heavy (non-hydrogen) atoms.